The number of aromatic nitrogens is 2. The predicted molar refractivity (Wildman–Crippen MR) is 72.6 cm³/mol. The molecule has 0 aliphatic heterocycles. The second-order valence-electron chi connectivity index (χ2n) is 4.34. The van der Waals surface area contributed by atoms with E-state index in [1.807, 2.05) is 6.92 Å². The molecule has 0 aliphatic carbocycles. The van der Waals surface area contributed by atoms with Gasteiger partial charge in [-0.05, 0) is 25.5 Å². The number of aromatic carboxylic acids is 1. The maximum Gasteiger partial charge on any atom is 0.339 e. The quantitative estimate of drug-likeness (QED) is 0.837. The molecule has 0 fully saturated rings. The lowest BCUT2D eigenvalue weighted by Crippen LogP contribution is -2.05. The number of hydrogen-bond acceptors (Lipinski definition) is 6. The lowest BCUT2D eigenvalue weighted by molar-refractivity contribution is 0.0691. The lowest BCUT2D eigenvalue weighted by Gasteiger charge is -2.10. The van der Waals surface area contributed by atoms with Crippen LogP contribution in [0.5, 0.6) is 11.5 Å². The fourth-order valence-corrected chi connectivity index (χ4v) is 1.65. The molecule has 0 saturated carbocycles. The summed E-state index contributed by atoms with van der Waals surface area (Å²) in [6.07, 6.45) is 0.859. The van der Waals surface area contributed by atoms with Gasteiger partial charge in [-0.2, -0.15) is 4.98 Å². The maximum absolute atomic E-state index is 11.2. The summed E-state index contributed by atoms with van der Waals surface area (Å²) < 4.78 is 15.8. The summed E-state index contributed by atoms with van der Waals surface area (Å²) in [6, 6.07) is 4.59. The van der Waals surface area contributed by atoms with Gasteiger partial charge in [-0.3, -0.25) is 0 Å². The van der Waals surface area contributed by atoms with Crippen molar-refractivity contribution in [1.82, 2.24) is 10.1 Å². The first kappa shape index (κ1) is 14.8. The minimum absolute atomic E-state index is 0.00164. The number of carbonyl (C=O) groups is 1. The van der Waals surface area contributed by atoms with E-state index in [2.05, 4.69) is 10.1 Å². The molecule has 7 nitrogen and oxygen atoms in total. The molecule has 0 radical (unpaired) electrons. The summed E-state index contributed by atoms with van der Waals surface area (Å²) in [5, 5.41) is 12.8. The van der Waals surface area contributed by atoms with Crippen LogP contribution in [-0.2, 0) is 6.61 Å². The van der Waals surface area contributed by atoms with Crippen LogP contribution in [0.15, 0.2) is 22.7 Å². The molecule has 0 saturated heterocycles. The van der Waals surface area contributed by atoms with Crippen LogP contribution in [0.4, 0.5) is 0 Å². The summed E-state index contributed by atoms with van der Waals surface area (Å²) in [7, 11) is 0. The van der Waals surface area contributed by atoms with E-state index >= 15 is 0 Å². The van der Waals surface area contributed by atoms with Gasteiger partial charge in [-0.1, -0.05) is 12.1 Å². The van der Waals surface area contributed by atoms with E-state index in [1.54, 1.807) is 19.1 Å². The lowest BCUT2D eigenvalue weighted by atomic mass is 10.2. The van der Waals surface area contributed by atoms with Crippen LogP contribution in [0.1, 0.15) is 35.4 Å². The second-order valence-corrected chi connectivity index (χ2v) is 4.34. The van der Waals surface area contributed by atoms with Crippen molar-refractivity contribution in [1.29, 1.82) is 0 Å². The van der Waals surface area contributed by atoms with Crippen molar-refractivity contribution in [2.45, 2.75) is 26.9 Å². The third-order valence-electron chi connectivity index (χ3n) is 2.58. The minimum atomic E-state index is -1.08. The van der Waals surface area contributed by atoms with Gasteiger partial charge in [0.2, 0.25) is 0 Å². The van der Waals surface area contributed by atoms with E-state index in [0.29, 0.717) is 18.2 Å². The fraction of sp³-hybridized carbons (Fsp3) is 0.357. The van der Waals surface area contributed by atoms with Crippen LogP contribution in [0.25, 0.3) is 0 Å². The number of hydrogen-bond donors (Lipinski definition) is 1. The highest BCUT2D eigenvalue weighted by Crippen LogP contribution is 2.26. The van der Waals surface area contributed by atoms with Gasteiger partial charge in [0.05, 0.1) is 6.61 Å². The van der Waals surface area contributed by atoms with E-state index in [-0.39, 0.29) is 23.8 Å². The maximum atomic E-state index is 11.2. The van der Waals surface area contributed by atoms with Crippen molar-refractivity contribution < 1.29 is 23.9 Å². The third kappa shape index (κ3) is 3.95. The fourth-order valence-electron chi connectivity index (χ4n) is 1.65. The predicted octanol–water partition coefficient (Wildman–Crippen LogP) is 2.44. The van der Waals surface area contributed by atoms with E-state index in [1.165, 1.54) is 6.07 Å². The Labute approximate surface area is 121 Å². The average molecular weight is 292 g/mol. The van der Waals surface area contributed by atoms with Gasteiger partial charge in [0.25, 0.3) is 5.89 Å². The van der Waals surface area contributed by atoms with E-state index in [9.17, 15) is 4.79 Å². The van der Waals surface area contributed by atoms with Gasteiger partial charge >= 0.3 is 5.97 Å². The summed E-state index contributed by atoms with van der Waals surface area (Å²) in [4.78, 5) is 15.2. The largest absolute Gasteiger partial charge is 0.493 e. The number of ether oxygens (including phenoxy) is 2. The highest BCUT2D eigenvalue weighted by Gasteiger charge is 2.14. The third-order valence-corrected chi connectivity index (χ3v) is 2.58. The van der Waals surface area contributed by atoms with E-state index in [4.69, 9.17) is 19.1 Å². The van der Waals surface area contributed by atoms with Crippen LogP contribution in [0.3, 0.4) is 0 Å². The molecule has 1 aromatic carbocycles. The van der Waals surface area contributed by atoms with Crippen molar-refractivity contribution in [2.75, 3.05) is 6.61 Å². The first-order chi connectivity index (χ1) is 10.1. The van der Waals surface area contributed by atoms with E-state index < -0.39 is 5.97 Å². The van der Waals surface area contributed by atoms with Crippen LogP contribution < -0.4 is 9.47 Å². The Hall–Kier alpha value is -2.57. The SMILES string of the molecule is CCCOc1ccc(C(=O)O)c(OCc2nc(C)no2)c1. The molecule has 21 heavy (non-hydrogen) atoms. The molecule has 0 aliphatic rings. The van der Waals surface area contributed by atoms with Crippen LogP contribution in [0.2, 0.25) is 0 Å². The number of carboxylic acids is 1. The zero-order valence-electron chi connectivity index (χ0n) is 11.8. The normalized spacial score (nSPS) is 10.4. The van der Waals surface area contributed by atoms with Gasteiger partial charge in [0.15, 0.2) is 12.4 Å². The molecular weight excluding hydrogens is 276 g/mol. The number of nitrogens with zero attached hydrogens (tertiary/aromatic N) is 2. The van der Waals surface area contributed by atoms with Crippen LogP contribution in [0, 0.1) is 6.92 Å². The zero-order valence-corrected chi connectivity index (χ0v) is 11.8. The van der Waals surface area contributed by atoms with Crippen LogP contribution >= 0.6 is 0 Å². The van der Waals surface area contributed by atoms with Gasteiger partial charge in [0, 0.05) is 6.07 Å². The molecule has 112 valence electrons. The van der Waals surface area contributed by atoms with Crippen LogP contribution in [-0.4, -0.2) is 27.8 Å². The topological polar surface area (TPSA) is 94.7 Å². The summed E-state index contributed by atoms with van der Waals surface area (Å²) >= 11 is 0. The molecule has 0 atom stereocenters. The highest BCUT2D eigenvalue weighted by atomic mass is 16.5. The molecule has 2 rings (SSSR count). The molecule has 0 amide bonds. The summed E-state index contributed by atoms with van der Waals surface area (Å²) in [6.45, 7) is 4.23. The van der Waals surface area contributed by atoms with Gasteiger partial charge in [-0.15, -0.1) is 0 Å². The smallest absolute Gasteiger partial charge is 0.339 e. The molecule has 1 N–H and O–H groups in total. The number of benzene rings is 1. The van der Waals surface area contributed by atoms with Crippen molar-refractivity contribution >= 4 is 5.97 Å². The monoisotopic (exact) mass is 292 g/mol. The molecule has 0 bridgehead atoms. The van der Waals surface area contributed by atoms with Crippen molar-refractivity contribution in [3.63, 3.8) is 0 Å². The first-order valence-corrected chi connectivity index (χ1v) is 6.52. The Morgan fingerprint density at radius 3 is 2.81 bits per heavy atom. The standard InChI is InChI=1S/C14H16N2O5/c1-3-6-19-10-4-5-11(14(17)18)12(7-10)20-8-13-15-9(2)16-21-13/h4-5,7H,3,6,8H2,1-2H3,(H,17,18). The van der Waals surface area contributed by atoms with Crippen molar-refractivity contribution in [3.8, 4) is 11.5 Å². The molecule has 1 aromatic heterocycles. The van der Waals surface area contributed by atoms with Gasteiger partial charge in [-0.25, -0.2) is 4.79 Å². The Morgan fingerprint density at radius 1 is 1.38 bits per heavy atom. The first-order valence-electron chi connectivity index (χ1n) is 6.52. The summed E-state index contributed by atoms with van der Waals surface area (Å²) in [5.74, 6) is 0.454. The Balaban J connectivity index is 2.15. The highest BCUT2D eigenvalue weighted by molar-refractivity contribution is 5.91. The summed E-state index contributed by atoms with van der Waals surface area (Å²) in [5.41, 5.74) is 0.0510. The number of aryl methyl sites for hydroxylation is 1. The Kier molecular flexibility index (Phi) is 4.76. The zero-order chi connectivity index (χ0) is 15.2. The van der Waals surface area contributed by atoms with Crippen molar-refractivity contribution in [3.05, 3.63) is 35.5 Å². The van der Waals surface area contributed by atoms with E-state index in [0.717, 1.165) is 6.42 Å². The number of carboxylic acid groups (broad SMARTS) is 1. The Bertz CT molecular complexity index is 624. The molecule has 0 spiro atoms. The Morgan fingerprint density at radius 2 is 2.19 bits per heavy atom. The molecule has 7 heteroatoms. The van der Waals surface area contributed by atoms with Gasteiger partial charge in [0.1, 0.15) is 17.1 Å². The molecule has 0 unspecified atom stereocenters. The second kappa shape index (κ2) is 6.74. The minimum Gasteiger partial charge on any atom is -0.493 e. The average Bonchev–Trinajstić information content (AvgIpc) is 2.88. The van der Waals surface area contributed by atoms with Crippen molar-refractivity contribution in [2.24, 2.45) is 0 Å². The van der Waals surface area contributed by atoms with Gasteiger partial charge < -0.3 is 19.1 Å². The molecular formula is C14H16N2O5. The molecule has 2 aromatic rings. The molecule has 1 heterocycles. The number of rotatable bonds is 7.